The van der Waals surface area contributed by atoms with Gasteiger partial charge in [0.2, 0.25) is 0 Å². The quantitative estimate of drug-likeness (QED) is 0.707. The zero-order valence-corrected chi connectivity index (χ0v) is 7.97. The SMILES string of the molecule is CC(=O)CCc1cccc(S)c1. The lowest BCUT2D eigenvalue weighted by Crippen LogP contribution is -1.93. The molecule has 1 nitrogen and oxygen atoms in total. The smallest absolute Gasteiger partial charge is 0.130 e. The molecule has 1 aromatic carbocycles. The van der Waals surface area contributed by atoms with Crippen molar-refractivity contribution >= 4 is 18.4 Å². The first-order chi connectivity index (χ1) is 5.68. The highest BCUT2D eigenvalue weighted by Crippen LogP contribution is 2.10. The summed E-state index contributed by atoms with van der Waals surface area (Å²) in [5.74, 6) is 0.236. The number of carbonyl (C=O) groups is 1. The van der Waals surface area contributed by atoms with Crippen molar-refractivity contribution in [2.75, 3.05) is 0 Å². The van der Waals surface area contributed by atoms with E-state index in [-0.39, 0.29) is 5.78 Å². The maximum Gasteiger partial charge on any atom is 0.130 e. The summed E-state index contributed by atoms with van der Waals surface area (Å²) in [6, 6.07) is 7.90. The van der Waals surface area contributed by atoms with Crippen molar-refractivity contribution in [1.82, 2.24) is 0 Å². The molecule has 1 aromatic rings. The molecule has 0 N–H and O–H groups in total. The maximum absolute atomic E-state index is 10.7. The Morgan fingerprint density at radius 2 is 2.25 bits per heavy atom. The Morgan fingerprint density at radius 3 is 2.83 bits per heavy atom. The fraction of sp³-hybridized carbons (Fsp3) is 0.300. The minimum absolute atomic E-state index is 0.236. The number of benzene rings is 1. The van der Waals surface area contributed by atoms with Crippen LogP contribution in [0.1, 0.15) is 18.9 Å². The van der Waals surface area contributed by atoms with Crippen molar-refractivity contribution in [3.63, 3.8) is 0 Å². The molecule has 0 spiro atoms. The fourth-order valence-electron chi connectivity index (χ4n) is 1.03. The van der Waals surface area contributed by atoms with E-state index in [1.807, 2.05) is 24.3 Å². The van der Waals surface area contributed by atoms with Crippen molar-refractivity contribution in [2.45, 2.75) is 24.7 Å². The van der Waals surface area contributed by atoms with Gasteiger partial charge in [-0.25, -0.2) is 0 Å². The van der Waals surface area contributed by atoms with Gasteiger partial charge in [-0.2, -0.15) is 0 Å². The number of rotatable bonds is 3. The molecule has 0 bridgehead atoms. The van der Waals surface area contributed by atoms with Crippen molar-refractivity contribution in [2.24, 2.45) is 0 Å². The van der Waals surface area contributed by atoms with E-state index in [1.54, 1.807) is 6.92 Å². The molecular formula is C10H12OS. The molecule has 0 unspecified atom stereocenters. The number of aryl methyl sites for hydroxylation is 1. The lowest BCUT2D eigenvalue weighted by molar-refractivity contribution is -0.116. The monoisotopic (exact) mass is 180 g/mol. The number of Topliss-reactive ketones (excluding diaryl/α,β-unsaturated/α-hetero) is 1. The summed E-state index contributed by atoms with van der Waals surface area (Å²) >= 11 is 4.21. The van der Waals surface area contributed by atoms with Crippen LogP contribution < -0.4 is 0 Å². The van der Waals surface area contributed by atoms with E-state index in [1.165, 1.54) is 5.56 Å². The Kier molecular flexibility index (Phi) is 3.35. The molecule has 0 saturated heterocycles. The van der Waals surface area contributed by atoms with Crippen LogP contribution in [-0.2, 0) is 11.2 Å². The molecule has 0 atom stereocenters. The highest BCUT2D eigenvalue weighted by Gasteiger charge is 1.96. The van der Waals surface area contributed by atoms with E-state index in [2.05, 4.69) is 12.6 Å². The van der Waals surface area contributed by atoms with E-state index < -0.39 is 0 Å². The van der Waals surface area contributed by atoms with Gasteiger partial charge >= 0.3 is 0 Å². The summed E-state index contributed by atoms with van der Waals surface area (Å²) in [5.41, 5.74) is 1.18. The first-order valence-electron chi connectivity index (χ1n) is 3.96. The molecule has 0 radical (unpaired) electrons. The maximum atomic E-state index is 10.7. The Morgan fingerprint density at radius 1 is 1.50 bits per heavy atom. The molecule has 0 aromatic heterocycles. The highest BCUT2D eigenvalue weighted by molar-refractivity contribution is 7.80. The van der Waals surface area contributed by atoms with Gasteiger partial charge in [-0.15, -0.1) is 12.6 Å². The molecule has 64 valence electrons. The average molecular weight is 180 g/mol. The molecular weight excluding hydrogens is 168 g/mol. The predicted octanol–water partition coefficient (Wildman–Crippen LogP) is 2.50. The predicted molar refractivity (Wildman–Crippen MR) is 52.7 cm³/mol. The third-order valence-electron chi connectivity index (χ3n) is 1.68. The molecule has 0 aliphatic rings. The molecule has 0 heterocycles. The Labute approximate surface area is 78.2 Å². The second kappa shape index (κ2) is 4.31. The van der Waals surface area contributed by atoms with Crippen LogP contribution in [-0.4, -0.2) is 5.78 Å². The summed E-state index contributed by atoms with van der Waals surface area (Å²) in [6.07, 6.45) is 1.45. The molecule has 12 heavy (non-hydrogen) atoms. The van der Waals surface area contributed by atoms with Crippen molar-refractivity contribution in [1.29, 1.82) is 0 Å². The Hall–Kier alpha value is -0.760. The number of hydrogen-bond donors (Lipinski definition) is 1. The van der Waals surface area contributed by atoms with Gasteiger partial charge in [0.05, 0.1) is 0 Å². The Bertz CT molecular complexity index is 281. The van der Waals surface area contributed by atoms with Gasteiger partial charge in [0.1, 0.15) is 5.78 Å². The van der Waals surface area contributed by atoms with E-state index in [0.717, 1.165) is 11.3 Å². The van der Waals surface area contributed by atoms with Gasteiger partial charge in [0.25, 0.3) is 0 Å². The number of hydrogen-bond acceptors (Lipinski definition) is 2. The second-order valence-electron chi connectivity index (χ2n) is 2.87. The van der Waals surface area contributed by atoms with Gasteiger partial charge in [-0.3, -0.25) is 0 Å². The number of thiol groups is 1. The summed E-state index contributed by atoms with van der Waals surface area (Å²) in [4.78, 5) is 11.6. The van der Waals surface area contributed by atoms with Gasteiger partial charge < -0.3 is 4.79 Å². The molecule has 0 aliphatic carbocycles. The van der Waals surface area contributed by atoms with E-state index in [0.29, 0.717) is 6.42 Å². The van der Waals surface area contributed by atoms with Crippen LogP contribution in [0, 0.1) is 0 Å². The lowest BCUT2D eigenvalue weighted by atomic mass is 10.1. The fourth-order valence-corrected chi connectivity index (χ4v) is 1.28. The van der Waals surface area contributed by atoms with E-state index >= 15 is 0 Å². The molecule has 0 fully saturated rings. The third kappa shape index (κ3) is 3.09. The average Bonchev–Trinajstić information content (AvgIpc) is 2.01. The van der Waals surface area contributed by atoms with Crippen LogP contribution >= 0.6 is 12.6 Å². The van der Waals surface area contributed by atoms with Gasteiger partial charge in [0, 0.05) is 11.3 Å². The lowest BCUT2D eigenvalue weighted by Gasteiger charge is -1.99. The van der Waals surface area contributed by atoms with E-state index in [9.17, 15) is 4.79 Å². The minimum atomic E-state index is 0.236. The van der Waals surface area contributed by atoms with Gasteiger partial charge in [0.15, 0.2) is 0 Å². The molecule has 0 amide bonds. The largest absolute Gasteiger partial charge is 0.300 e. The van der Waals surface area contributed by atoms with Crippen molar-refractivity contribution < 1.29 is 4.79 Å². The summed E-state index contributed by atoms with van der Waals surface area (Å²) in [6.45, 7) is 1.62. The zero-order valence-electron chi connectivity index (χ0n) is 7.08. The summed E-state index contributed by atoms with van der Waals surface area (Å²) < 4.78 is 0. The summed E-state index contributed by atoms with van der Waals surface area (Å²) in [7, 11) is 0. The number of ketones is 1. The summed E-state index contributed by atoms with van der Waals surface area (Å²) in [5, 5.41) is 0. The van der Waals surface area contributed by atoms with Gasteiger partial charge in [-0.05, 0) is 31.0 Å². The van der Waals surface area contributed by atoms with Crippen LogP contribution in [0.5, 0.6) is 0 Å². The van der Waals surface area contributed by atoms with Gasteiger partial charge in [-0.1, -0.05) is 12.1 Å². The zero-order chi connectivity index (χ0) is 8.97. The second-order valence-corrected chi connectivity index (χ2v) is 3.39. The first kappa shape index (κ1) is 9.33. The Balaban J connectivity index is 2.57. The van der Waals surface area contributed by atoms with E-state index in [4.69, 9.17) is 0 Å². The minimum Gasteiger partial charge on any atom is -0.300 e. The van der Waals surface area contributed by atoms with Crippen LogP contribution in [0.15, 0.2) is 29.2 Å². The van der Waals surface area contributed by atoms with Crippen LogP contribution in [0.25, 0.3) is 0 Å². The molecule has 1 rings (SSSR count). The van der Waals surface area contributed by atoms with Crippen LogP contribution in [0.4, 0.5) is 0 Å². The molecule has 2 heteroatoms. The normalized spacial score (nSPS) is 9.83. The standard InChI is InChI=1S/C10H12OS/c1-8(11)5-6-9-3-2-4-10(12)7-9/h2-4,7,12H,5-6H2,1H3. The molecule has 0 saturated carbocycles. The third-order valence-corrected chi connectivity index (χ3v) is 1.95. The molecule has 0 aliphatic heterocycles. The topological polar surface area (TPSA) is 17.1 Å². The van der Waals surface area contributed by atoms with Crippen molar-refractivity contribution in [3.8, 4) is 0 Å². The first-order valence-corrected chi connectivity index (χ1v) is 4.40. The van der Waals surface area contributed by atoms with Crippen molar-refractivity contribution in [3.05, 3.63) is 29.8 Å². The number of carbonyl (C=O) groups excluding carboxylic acids is 1. The highest BCUT2D eigenvalue weighted by atomic mass is 32.1. The van der Waals surface area contributed by atoms with Crippen LogP contribution in [0.2, 0.25) is 0 Å². The van der Waals surface area contributed by atoms with Crippen LogP contribution in [0.3, 0.4) is 0 Å².